The number of ether oxygens (including phenoxy) is 1. The van der Waals surface area contributed by atoms with E-state index in [9.17, 15) is 18.0 Å². The van der Waals surface area contributed by atoms with E-state index in [1.165, 1.54) is 36.7 Å². The number of piperidine rings is 1. The molecule has 0 bridgehead atoms. The van der Waals surface area contributed by atoms with Gasteiger partial charge in [-0.25, -0.2) is 12.7 Å². The molecule has 0 aliphatic carbocycles. The van der Waals surface area contributed by atoms with Crippen molar-refractivity contribution in [3.05, 3.63) is 18.2 Å². The molecule has 1 aliphatic heterocycles. The average Bonchev–Trinajstić information content (AvgIpc) is 2.59. The number of benzene rings is 1. The molecule has 0 atom stereocenters. The zero-order valence-corrected chi connectivity index (χ0v) is 15.6. The molecule has 0 unspecified atom stereocenters. The number of unbranched alkanes of at least 4 members (excludes halogenated alkanes) is 1. The summed E-state index contributed by atoms with van der Waals surface area (Å²) in [5, 5.41) is 0. The Morgan fingerprint density at radius 1 is 1.20 bits per heavy atom. The minimum Gasteiger partial charge on any atom is -0.495 e. The van der Waals surface area contributed by atoms with Crippen LogP contribution in [-0.4, -0.2) is 45.2 Å². The topological polar surface area (TPSA) is 84.0 Å². The molecule has 0 radical (unpaired) electrons. The number of anilines is 1. The molecule has 2 rings (SSSR count). The Bertz CT molecular complexity index is 744. The van der Waals surface area contributed by atoms with Gasteiger partial charge in [0, 0.05) is 26.4 Å². The zero-order valence-electron chi connectivity index (χ0n) is 14.8. The third-order valence-corrected chi connectivity index (χ3v) is 6.08. The van der Waals surface area contributed by atoms with E-state index in [0.717, 1.165) is 17.7 Å². The SMILES string of the molecule is CCCCN(C)S(=O)(=O)c1cc(N2C(=O)CCCC2=O)ccc1OC. The predicted molar refractivity (Wildman–Crippen MR) is 94.1 cm³/mol. The van der Waals surface area contributed by atoms with Gasteiger partial charge in [0.25, 0.3) is 0 Å². The maximum Gasteiger partial charge on any atom is 0.246 e. The highest BCUT2D eigenvalue weighted by molar-refractivity contribution is 7.89. The van der Waals surface area contributed by atoms with Crippen LogP contribution in [0.15, 0.2) is 23.1 Å². The van der Waals surface area contributed by atoms with Crippen molar-refractivity contribution in [2.75, 3.05) is 25.6 Å². The summed E-state index contributed by atoms with van der Waals surface area (Å²) >= 11 is 0. The summed E-state index contributed by atoms with van der Waals surface area (Å²) in [7, 11) is -0.897. The van der Waals surface area contributed by atoms with Crippen molar-refractivity contribution in [1.29, 1.82) is 0 Å². The molecule has 7 nitrogen and oxygen atoms in total. The van der Waals surface area contributed by atoms with Gasteiger partial charge in [-0.3, -0.25) is 14.5 Å². The van der Waals surface area contributed by atoms with Crippen LogP contribution in [0.5, 0.6) is 5.75 Å². The zero-order chi connectivity index (χ0) is 18.6. The van der Waals surface area contributed by atoms with Gasteiger partial charge < -0.3 is 4.74 Å². The van der Waals surface area contributed by atoms with Crippen LogP contribution in [0.3, 0.4) is 0 Å². The number of hydrogen-bond acceptors (Lipinski definition) is 5. The van der Waals surface area contributed by atoms with Gasteiger partial charge in [0.15, 0.2) is 0 Å². The summed E-state index contributed by atoms with van der Waals surface area (Å²) < 4.78 is 32.2. The van der Waals surface area contributed by atoms with Gasteiger partial charge in [-0.05, 0) is 31.0 Å². The summed E-state index contributed by atoms with van der Waals surface area (Å²) in [6.45, 7) is 2.36. The van der Waals surface area contributed by atoms with E-state index in [0.29, 0.717) is 13.0 Å². The lowest BCUT2D eigenvalue weighted by atomic mass is 10.1. The van der Waals surface area contributed by atoms with Crippen LogP contribution in [0.2, 0.25) is 0 Å². The van der Waals surface area contributed by atoms with Crippen molar-refractivity contribution in [1.82, 2.24) is 4.31 Å². The van der Waals surface area contributed by atoms with E-state index in [-0.39, 0.29) is 41.0 Å². The van der Waals surface area contributed by atoms with E-state index < -0.39 is 10.0 Å². The number of hydrogen-bond donors (Lipinski definition) is 0. The molecule has 8 heteroatoms. The second-order valence-electron chi connectivity index (χ2n) is 5.99. The normalized spacial score (nSPS) is 15.8. The van der Waals surface area contributed by atoms with Crippen molar-refractivity contribution < 1.29 is 22.7 Å². The number of carbonyl (C=O) groups excluding carboxylic acids is 2. The van der Waals surface area contributed by atoms with E-state index in [2.05, 4.69) is 0 Å². The first-order valence-corrected chi connectivity index (χ1v) is 9.77. The maximum absolute atomic E-state index is 12.9. The summed E-state index contributed by atoms with van der Waals surface area (Å²) in [6.07, 6.45) is 2.68. The first kappa shape index (κ1) is 19.4. The molecule has 1 fully saturated rings. The van der Waals surface area contributed by atoms with Crippen LogP contribution in [0.4, 0.5) is 5.69 Å². The lowest BCUT2D eigenvalue weighted by Gasteiger charge is -2.26. The number of amides is 2. The fraction of sp³-hybridized carbons (Fsp3) is 0.529. The van der Waals surface area contributed by atoms with E-state index >= 15 is 0 Å². The fourth-order valence-corrected chi connectivity index (χ4v) is 4.10. The highest BCUT2D eigenvalue weighted by Crippen LogP contribution is 2.32. The third-order valence-electron chi connectivity index (χ3n) is 4.20. The highest BCUT2D eigenvalue weighted by atomic mass is 32.2. The molecule has 1 aromatic carbocycles. The molecule has 1 aliphatic rings. The fourth-order valence-electron chi connectivity index (χ4n) is 2.72. The number of carbonyl (C=O) groups is 2. The first-order valence-electron chi connectivity index (χ1n) is 8.33. The molecule has 1 aromatic rings. The lowest BCUT2D eigenvalue weighted by molar-refractivity contribution is -0.129. The van der Waals surface area contributed by atoms with Crippen LogP contribution < -0.4 is 9.64 Å². The summed E-state index contributed by atoms with van der Waals surface area (Å²) in [5.74, 6) is -0.447. The number of rotatable bonds is 7. The maximum atomic E-state index is 12.9. The Balaban J connectivity index is 2.47. The number of sulfonamides is 1. The Kier molecular flexibility index (Phi) is 6.18. The number of methoxy groups -OCH3 is 1. The molecule has 0 aromatic heterocycles. The Hall–Kier alpha value is -1.93. The van der Waals surface area contributed by atoms with Gasteiger partial charge >= 0.3 is 0 Å². The van der Waals surface area contributed by atoms with Gasteiger partial charge in [-0.2, -0.15) is 0 Å². The monoisotopic (exact) mass is 368 g/mol. The summed E-state index contributed by atoms with van der Waals surface area (Å²) in [4.78, 5) is 25.2. The van der Waals surface area contributed by atoms with Crippen LogP contribution in [-0.2, 0) is 19.6 Å². The van der Waals surface area contributed by atoms with E-state index in [1.807, 2.05) is 6.92 Å². The molecular formula is C17H24N2O5S. The van der Waals surface area contributed by atoms with Crippen molar-refractivity contribution in [2.45, 2.75) is 43.9 Å². The van der Waals surface area contributed by atoms with Crippen LogP contribution in [0, 0.1) is 0 Å². The molecule has 2 amide bonds. The standard InChI is InChI=1S/C17H24N2O5S/c1-4-5-11-18(2)25(22,23)15-12-13(9-10-14(15)24-3)19-16(20)7-6-8-17(19)21/h9-10,12H,4-8,11H2,1-3H3. The van der Waals surface area contributed by atoms with Gasteiger partial charge in [-0.1, -0.05) is 13.3 Å². The van der Waals surface area contributed by atoms with Gasteiger partial charge in [0.2, 0.25) is 21.8 Å². The quantitative estimate of drug-likeness (QED) is 0.689. The van der Waals surface area contributed by atoms with Gasteiger partial charge in [-0.15, -0.1) is 0 Å². The summed E-state index contributed by atoms with van der Waals surface area (Å²) in [5.41, 5.74) is 0.262. The molecule has 138 valence electrons. The van der Waals surface area contributed by atoms with Crippen LogP contribution >= 0.6 is 0 Å². The van der Waals surface area contributed by atoms with Crippen molar-refractivity contribution >= 4 is 27.5 Å². The molecule has 1 heterocycles. The van der Waals surface area contributed by atoms with Crippen LogP contribution in [0.25, 0.3) is 0 Å². The molecule has 25 heavy (non-hydrogen) atoms. The van der Waals surface area contributed by atoms with Crippen LogP contribution in [0.1, 0.15) is 39.0 Å². The van der Waals surface area contributed by atoms with Gasteiger partial charge in [0.05, 0.1) is 12.8 Å². The van der Waals surface area contributed by atoms with Crippen molar-refractivity contribution in [3.8, 4) is 5.75 Å². The lowest BCUT2D eigenvalue weighted by Crippen LogP contribution is -2.40. The predicted octanol–water partition coefficient (Wildman–Crippen LogP) is 2.16. The van der Waals surface area contributed by atoms with E-state index in [4.69, 9.17) is 4.74 Å². The van der Waals surface area contributed by atoms with Crippen molar-refractivity contribution in [2.24, 2.45) is 0 Å². The minimum atomic E-state index is -3.79. The van der Waals surface area contributed by atoms with Gasteiger partial charge in [0.1, 0.15) is 10.6 Å². The minimum absolute atomic E-state index is 0.0442. The smallest absolute Gasteiger partial charge is 0.246 e. The second kappa shape index (κ2) is 7.97. The average molecular weight is 368 g/mol. The Labute approximate surface area is 148 Å². The molecular weight excluding hydrogens is 344 g/mol. The molecule has 0 N–H and O–H groups in total. The van der Waals surface area contributed by atoms with E-state index in [1.54, 1.807) is 0 Å². The number of nitrogens with zero attached hydrogens (tertiary/aromatic N) is 2. The highest BCUT2D eigenvalue weighted by Gasteiger charge is 2.30. The van der Waals surface area contributed by atoms with Crippen molar-refractivity contribution in [3.63, 3.8) is 0 Å². The largest absolute Gasteiger partial charge is 0.495 e. The molecule has 0 spiro atoms. The Morgan fingerprint density at radius 2 is 1.84 bits per heavy atom. The first-order chi connectivity index (χ1) is 11.8. The molecule has 0 saturated carbocycles. The number of imide groups is 1. The third kappa shape index (κ3) is 4.01. The Morgan fingerprint density at radius 3 is 2.40 bits per heavy atom. The summed E-state index contributed by atoms with van der Waals surface area (Å²) in [6, 6.07) is 4.35. The molecule has 1 saturated heterocycles. The second-order valence-corrected chi connectivity index (χ2v) is 8.01.